The van der Waals surface area contributed by atoms with Gasteiger partial charge >= 0.3 is 0 Å². The molecule has 0 N–H and O–H groups in total. The molecule has 2 aromatic rings. The Morgan fingerprint density at radius 1 is 1.10 bits per heavy atom. The van der Waals surface area contributed by atoms with Gasteiger partial charge in [0.25, 0.3) is 0 Å². The molecule has 1 aliphatic carbocycles. The largest absolute Gasteiger partial charge is 0.294 e. The predicted molar refractivity (Wildman–Crippen MR) is 89.7 cm³/mol. The van der Waals surface area contributed by atoms with Crippen molar-refractivity contribution in [2.45, 2.75) is 44.9 Å². The Bertz CT molecular complexity index is 608. The highest BCUT2D eigenvalue weighted by Gasteiger charge is 2.23. The quantitative estimate of drug-likeness (QED) is 0.588. The van der Waals surface area contributed by atoms with Crippen molar-refractivity contribution in [1.82, 2.24) is 0 Å². The van der Waals surface area contributed by atoms with Crippen LogP contribution in [0.2, 0.25) is 0 Å². The topological polar surface area (TPSA) is 17.1 Å². The van der Waals surface area contributed by atoms with Crippen molar-refractivity contribution in [2.24, 2.45) is 5.92 Å². The number of benzene rings is 1. The molecule has 0 amide bonds. The van der Waals surface area contributed by atoms with Crippen molar-refractivity contribution >= 4 is 43.1 Å². The number of hydrogen-bond acceptors (Lipinski definition) is 2. The van der Waals surface area contributed by atoms with Gasteiger partial charge in [0.05, 0.1) is 0 Å². The van der Waals surface area contributed by atoms with Crippen molar-refractivity contribution in [2.75, 3.05) is 0 Å². The second kappa shape index (κ2) is 6.40. The lowest BCUT2D eigenvalue weighted by molar-refractivity contribution is 0.0900. The molecule has 1 aromatic heterocycles. The van der Waals surface area contributed by atoms with E-state index >= 15 is 0 Å². The number of ketones is 1. The fraction of sp³-hybridized carbons (Fsp3) is 0.471. The van der Waals surface area contributed by atoms with Crippen LogP contribution in [0.15, 0.2) is 28.1 Å². The molecule has 106 valence electrons. The Kier molecular flexibility index (Phi) is 4.57. The van der Waals surface area contributed by atoms with E-state index in [-0.39, 0.29) is 5.92 Å². The third kappa shape index (κ3) is 2.84. The maximum atomic E-state index is 12.8. The maximum absolute atomic E-state index is 12.8. The highest BCUT2D eigenvalue weighted by atomic mass is 79.9. The summed E-state index contributed by atoms with van der Waals surface area (Å²) in [6, 6.07) is 6.14. The monoisotopic (exact) mass is 350 g/mol. The van der Waals surface area contributed by atoms with Crippen molar-refractivity contribution < 1.29 is 4.79 Å². The van der Waals surface area contributed by atoms with E-state index in [1.54, 1.807) is 11.3 Å². The first-order valence-corrected chi connectivity index (χ1v) is 9.14. The number of fused-ring (bicyclic) bond motifs is 1. The molecule has 1 heterocycles. The van der Waals surface area contributed by atoms with Gasteiger partial charge in [0.1, 0.15) is 0 Å². The first kappa shape index (κ1) is 14.3. The van der Waals surface area contributed by atoms with Gasteiger partial charge in [-0.1, -0.05) is 44.2 Å². The lowest BCUT2D eigenvalue weighted by atomic mass is 9.85. The van der Waals surface area contributed by atoms with Gasteiger partial charge in [-0.2, -0.15) is 0 Å². The standard InChI is InChI=1S/C17H19BrOS/c18-15-10-6-9-13-14(11-20-17(13)15)16(19)12-7-4-2-1-3-5-8-12/h6,9-12H,1-5,7-8H2. The zero-order chi connectivity index (χ0) is 13.9. The van der Waals surface area contributed by atoms with Crippen LogP contribution in [0.4, 0.5) is 0 Å². The summed E-state index contributed by atoms with van der Waals surface area (Å²) in [5.74, 6) is 0.614. The van der Waals surface area contributed by atoms with Gasteiger partial charge in [0, 0.05) is 31.4 Å². The predicted octanol–water partition coefficient (Wildman–Crippen LogP) is 6.21. The lowest BCUT2D eigenvalue weighted by Crippen LogP contribution is -2.15. The van der Waals surface area contributed by atoms with E-state index in [1.165, 1.54) is 36.8 Å². The van der Waals surface area contributed by atoms with Gasteiger partial charge in [-0.3, -0.25) is 4.79 Å². The van der Waals surface area contributed by atoms with Crippen molar-refractivity contribution in [3.63, 3.8) is 0 Å². The summed E-state index contributed by atoms with van der Waals surface area (Å²) in [5.41, 5.74) is 0.942. The molecule has 1 saturated carbocycles. The Hall–Kier alpha value is -0.670. The highest BCUT2D eigenvalue weighted by Crippen LogP contribution is 2.35. The first-order chi connectivity index (χ1) is 9.77. The smallest absolute Gasteiger partial charge is 0.167 e. The first-order valence-electron chi connectivity index (χ1n) is 7.47. The molecule has 1 aromatic carbocycles. The SMILES string of the molecule is O=C(c1csc2c(Br)cccc12)C1CCCCCCC1. The van der Waals surface area contributed by atoms with E-state index in [9.17, 15) is 4.79 Å². The Morgan fingerprint density at radius 2 is 1.80 bits per heavy atom. The highest BCUT2D eigenvalue weighted by molar-refractivity contribution is 9.10. The zero-order valence-corrected chi connectivity index (χ0v) is 13.9. The third-order valence-corrected chi connectivity index (χ3v) is 6.25. The van der Waals surface area contributed by atoms with Crippen LogP contribution >= 0.6 is 27.3 Å². The number of rotatable bonds is 2. The summed E-state index contributed by atoms with van der Waals surface area (Å²) in [5, 5.41) is 3.17. The Morgan fingerprint density at radius 3 is 2.55 bits per heavy atom. The molecular weight excluding hydrogens is 332 g/mol. The molecule has 20 heavy (non-hydrogen) atoms. The fourth-order valence-electron chi connectivity index (χ4n) is 3.15. The molecule has 1 nitrogen and oxygen atoms in total. The van der Waals surface area contributed by atoms with E-state index < -0.39 is 0 Å². The second-order valence-corrected chi connectivity index (χ2v) is 7.41. The van der Waals surface area contributed by atoms with Crippen LogP contribution in [-0.2, 0) is 0 Å². The Balaban J connectivity index is 1.89. The molecule has 0 saturated heterocycles. The van der Waals surface area contributed by atoms with Crippen molar-refractivity contribution in [1.29, 1.82) is 0 Å². The molecule has 3 rings (SSSR count). The van der Waals surface area contributed by atoms with Gasteiger partial charge in [-0.05, 0) is 34.8 Å². The number of halogens is 1. The van der Waals surface area contributed by atoms with Gasteiger partial charge in [0.15, 0.2) is 5.78 Å². The van der Waals surface area contributed by atoms with Crippen LogP contribution < -0.4 is 0 Å². The van der Waals surface area contributed by atoms with E-state index in [0.717, 1.165) is 28.3 Å². The average Bonchev–Trinajstić information content (AvgIpc) is 2.83. The van der Waals surface area contributed by atoms with E-state index in [4.69, 9.17) is 0 Å². The van der Waals surface area contributed by atoms with Crippen LogP contribution in [-0.4, -0.2) is 5.78 Å². The summed E-state index contributed by atoms with van der Waals surface area (Å²) in [6.45, 7) is 0. The summed E-state index contributed by atoms with van der Waals surface area (Å²) in [6.07, 6.45) is 8.49. The average molecular weight is 351 g/mol. The molecule has 0 atom stereocenters. The molecule has 3 heteroatoms. The van der Waals surface area contributed by atoms with E-state index in [1.807, 2.05) is 12.1 Å². The normalized spacial score (nSPS) is 17.9. The number of carbonyl (C=O) groups is 1. The minimum Gasteiger partial charge on any atom is -0.294 e. The summed E-state index contributed by atoms with van der Waals surface area (Å²) >= 11 is 5.25. The molecule has 1 fully saturated rings. The number of thiophene rings is 1. The van der Waals surface area contributed by atoms with E-state index in [2.05, 4.69) is 27.4 Å². The Labute approximate surface area is 132 Å². The summed E-state index contributed by atoms with van der Waals surface area (Å²) in [7, 11) is 0. The summed E-state index contributed by atoms with van der Waals surface area (Å²) in [4.78, 5) is 12.8. The molecule has 0 bridgehead atoms. The number of hydrogen-bond donors (Lipinski definition) is 0. The van der Waals surface area contributed by atoms with Crippen LogP contribution in [0.5, 0.6) is 0 Å². The molecule has 0 radical (unpaired) electrons. The lowest BCUT2D eigenvalue weighted by Gasteiger charge is -2.18. The maximum Gasteiger partial charge on any atom is 0.167 e. The zero-order valence-electron chi connectivity index (χ0n) is 11.5. The molecule has 0 spiro atoms. The molecule has 1 aliphatic rings. The number of carbonyl (C=O) groups excluding carboxylic acids is 1. The van der Waals surface area contributed by atoms with Gasteiger partial charge in [0.2, 0.25) is 0 Å². The van der Waals surface area contributed by atoms with E-state index in [0.29, 0.717) is 5.78 Å². The third-order valence-electron chi connectivity index (χ3n) is 4.29. The van der Waals surface area contributed by atoms with Crippen LogP contribution in [0.25, 0.3) is 10.1 Å². The van der Waals surface area contributed by atoms with Crippen molar-refractivity contribution in [3.05, 3.63) is 33.6 Å². The van der Waals surface area contributed by atoms with Crippen LogP contribution in [0.1, 0.15) is 55.3 Å². The molecule has 0 unspecified atom stereocenters. The van der Waals surface area contributed by atoms with Gasteiger partial charge in [-0.15, -0.1) is 11.3 Å². The molecular formula is C17H19BrOS. The second-order valence-electron chi connectivity index (χ2n) is 5.67. The fourth-order valence-corrected chi connectivity index (χ4v) is 4.76. The van der Waals surface area contributed by atoms with Gasteiger partial charge in [-0.25, -0.2) is 0 Å². The molecule has 0 aliphatic heterocycles. The minimum absolute atomic E-state index is 0.243. The van der Waals surface area contributed by atoms with Crippen LogP contribution in [0.3, 0.4) is 0 Å². The number of Topliss-reactive ketones (excluding diaryl/α,β-unsaturated/α-hetero) is 1. The van der Waals surface area contributed by atoms with Crippen molar-refractivity contribution in [3.8, 4) is 0 Å². The minimum atomic E-state index is 0.243. The van der Waals surface area contributed by atoms with Gasteiger partial charge < -0.3 is 0 Å². The summed E-state index contributed by atoms with van der Waals surface area (Å²) < 4.78 is 2.29. The van der Waals surface area contributed by atoms with Crippen LogP contribution in [0, 0.1) is 5.92 Å².